The number of halogens is 3. The van der Waals surface area contributed by atoms with Gasteiger partial charge in [0.2, 0.25) is 0 Å². The fourth-order valence-corrected chi connectivity index (χ4v) is 1.95. The maximum Gasteiger partial charge on any atom is 0.165 e. The van der Waals surface area contributed by atoms with Crippen LogP contribution < -0.4 is 0 Å². The van der Waals surface area contributed by atoms with Crippen LogP contribution in [0, 0.1) is 24.4 Å². The summed E-state index contributed by atoms with van der Waals surface area (Å²) in [6.45, 7) is 2.78. The van der Waals surface area contributed by atoms with Gasteiger partial charge >= 0.3 is 0 Å². The van der Waals surface area contributed by atoms with E-state index in [0.29, 0.717) is 0 Å². The molecule has 2 rings (SSSR count). The Morgan fingerprint density at radius 3 is 2.05 bits per heavy atom. The molecule has 1 N–H and O–H groups in total. The fourth-order valence-electron chi connectivity index (χ4n) is 1.95. The Kier molecular flexibility index (Phi) is 3.37. The molecule has 1 nitrogen and oxygen atoms in total. The molecule has 100 valence electrons. The minimum absolute atomic E-state index is 0.163. The summed E-state index contributed by atoms with van der Waals surface area (Å²) in [6, 6.07) is 7.72. The van der Waals surface area contributed by atoms with Crippen LogP contribution in [0.25, 0.3) is 0 Å². The van der Waals surface area contributed by atoms with E-state index in [0.717, 1.165) is 12.1 Å². The largest absolute Gasteiger partial charge is 0.381 e. The predicted molar refractivity (Wildman–Crippen MR) is 66.2 cm³/mol. The molecule has 0 radical (unpaired) electrons. The lowest BCUT2D eigenvalue weighted by Crippen LogP contribution is -2.25. The topological polar surface area (TPSA) is 20.2 Å². The lowest BCUT2D eigenvalue weighted by atomic mass is 9.87. The van der Waals surface area contributed by atoms with E-state index in [1.165, 1.54) is 38.1 Å². The van der Waals surface area contributed by atoms with E-state index in [-0.39, 0.29) is 16.7 Å². The number of hydrogen-bond donors (Lipinski definition) is 1. The normalized spacial score (nSPS) is 14.2. The van der Waals surface area contributed by atoms with Crippen molar-refractivity contribution >= 4 is 0 Å². The number of rotatable bonds is 2. The van der Waals surface area contributed by atoms with Gasteiger partial charge in [0.1, 0.15) is 11.4 Å². The summed E-state index contributed by atoms with van der Waals surface area (Å²) in [4.78, 5) is 0. The smallest absolute Gasteiger partial charge is 0.165 e. The molecular weight excluding hydrogens is 253 g/mol. The monoisotopic (exact) mass is 266 g/mol. The molecule has 0 saturated carbocycles. The van der Waals surface area contributed by atoms with Crippen LogP contribution in [-0.4, -0.2) is 5.11 Å². The van der Waals surface area contributed by atoms with Crippen molar-refractivity contribution in [2.75, 3.05) is 0 Å². The zero-order chi connectivity index (χ0) is 14.2. The molecule has 0 aromatic heterocycles. The van der Waals surface area contributed by atoms with E-state index < -0.39 is 23.1 Å². The van der Waals surface area contributed by atoms with Gasteiger partial charge in [0, 0.05) is 5.56 Å². The third-order valence-corrected chi connectivity index (χ3v) is 3.21. The Labute approximate surface area is 109 Å². The van der Waals surface area contributed by atoms with Crippen molar-refractivity contribution in [3.8, 4) is 0 Å². The van der Waals surface area contributed by atoms with Crippen molar-refractivity contribution in [1.82, 2.24) is 0 Å². The fraction of sp³-hybridized carbons (Fsp3) is 0.200. The molecule has 0 spiro atoms. The molecular formula is C15H13F3O. The van der Waals surface area contributed by atoms with Crippen molar-refractivity contribution < 1.29 is 18.3 Å². The quantitative estimate of drug-likeness (QED) is 0.879. The summed E-state index contributed by atoms with van der Waals surface area (Å²) in [5, 5.41) is 10.4. The molecule has 19 heavy (non-hydrogen) atoms. The molecule has 1 unspecified atom stereocenters. The molecule has 2 aromatic carbocycles. The summed E-state index contributed by atoms with van der Waals surface area (Å²) in [5.41, 5.74) is -1.46. The average molecular weight is 266 g/mol. The van der Waals surface area contributed by atoms with Crippen molar-refractivity contribution in [3.05, 3.63) is 70.5 Å². The highest BCUT2D eigenvalue weighted by Gasteiger charge is 2.30. The number of hydrogen-bond acceptors (Lipinski definition) is 1. The van der Waals surface area contributed by atoms with Crippen LogP contribution in [0.15, 0.2) is 36.4 Å². The number of aliphatic hydroxyl groups is 1. The first kappa shape index (κ1) is 13.6. The van der Waals surface area contributed by atoms with Gasteiger partial charge in [-0.3, -0.25) is 0 Å². The summed E-state index contributed by atoms with van der Waals surface area (Å²) in [7, 11) is 0. The molecule has 0 amide bonds. The zero-order valence-corrected chi connectivity index (χ0v) is 10.5. The van der Waals surface area contributed by atoms with Gasteiger partial charge in [-0.25, -0.2) is 13.2 Å². The van der Waals surface area contributed by atoms with E-state index in [2.05, 4.69) is 0 Å². The second kappa shape index (κ2) is 4.70. The van der Waals surface area contributed by atoms with Gasteiger partial charge < -0.3 is 5.11 Å². The first-order valence-corrected chi connectivity index (χ1v) is 5.77. The van der Waals surface area contributed by atoms with Crippen molar-refractivity contribution in [2.45, 2.75) is 19.4 Å². The molecule has 0 aliphatic rings. The highest BCUT2D eigenvalue weighted by atomic mass is 19.2. The van der Waals surface area contributed by atoms with Gasteiger partial charge in [-0.2, -0.15) is 0 Å². The van der Waals surface area contributed by atoms with Gasteiger partial charge in [0.25, 0.3) is 0 Å². The standard InChI is InChI=1S/C15H13F3O/c1-9-3-8-12(14(18)13(9)17)15(2,19)10-4-6-11(16)7-5-10/h3-8,19H,1-2H3. The maximum atomic E-state index is 13.9. The molecule has 0 aliphatic heterocycles. The van der Waals surface area contributed by atoms with Crippen LogP contribution in [0.4, 0.5) is 13.2 Å². The van der Waals surface area contributed by atoms with Crippen molar-refractivity contribution in [3.63, 3.8) is 0 Å². The van der Waals surface area contributed by atoms with Gasteiger partial charge in [0.15, 0.2) is 11.6 Å². The van der Waals surface area contributed by atoms with Crippen LogP contribution >= 0.6 is 0 Å². The SMILES string of the molecule is Cc1ccc(C(C)(O)c2ccc(F)cc2)c(F)c1F. The van der Waals surface area contributed by atoms with Crippen LogP contribution in [0.1, 0.15) is 23.6 Å². The van der Waals surface area contributed by atoms with E-state index in [4.69, 9.17) is 0 Å². The van der Waals surface area contributed by atoms with Gasteiger partial charge in [-0.15, -0.1) is 0 Å². The molecule has 0 heterocycles. The Hall–Kier alpha value is -1.81. The average Bonchev–Trinajstić information content (AvgIpc) is 2.36. The van der Waals surface area contributed by atoms with Crippen molar-refractivity contribution in [1.29, 1.82) is 0 Å². The zero-order valence-electron chi connectivity index (χ0n) is 10.5. The van der Waals surface area contributed by atoms with Gasteiger partial charge in [-0.1, -0.05) is 24.3 Å². The van der Waals surface area contributed by atoms with Gasteiger partial charge in [0.05, 0.1) is 0 Å². The third-order valence-electron chi connectivity index (χ3n) is 3.21. The first-order chi connectivity index (χ1) is 8.84. The highest BCUT2D eigenvalue weighted by molar-refractivity contribution is 5.38. The maximum absolute atomic E-state index is 13.9. The molecule has 0 fully saturated rings. The first-order valence-electron chi connectivity index (χ1n) is 5.77. The molecule has 4 heteroatoms. The minimum atomic E-state index is -1.73. The van der Waals surface area contributed by atoms with E-state index in [1.807, 2.05) is 0 Å². The van der Waals surface area contributed by atoms with E-state index in [1.54, 1.807) is 0 Å². The summed E-state index contributed by atoms with van der Waals surface area (Å²) >= 11 is 0. The Bertz CT molecular complexity index is 604. The molecule has 2 aromatic rings. The van der Waals surface area contributed by atoms with E-state index in [9.17, 15) is 18.3 Å². The Balaban J connectivity index is 2.56. The molecule has 1 atom stereocenters. The van der Waals surface area contributed by atoms with Crippen molar-refractivity contribution in [2.24, 2.45) is 0 Å². The second-order valence-electron chi connectivity index (χ2n) is 4.64. The van der Waals surface area contributed by atoms with Crippen LogP contribution in [0.2, 0.25) is 0 Å². The Morgan fingerprint density at radius 2 is 1.47 bits per heavy atom. The summed E-state index contributed by atoms with van der Waals surface area (Å²) in [6.07, 6.45) is 0. The molecule has 0 saturated heterocycles. The Morgan fingerprint density at radius 1 is 0.895 bits per heavy atom. The van der Waals surface area contributed by atoms with Crippen LogP contribution in [0.5, 0.6) is 0 Å². The molecule has 0 bridgehead atoms. The second-order valence-corrected chi connectivity index (χ2v) is 4.64. The lowest BCUT2D eigenvalue weighted by molar-refractivity contribution is 0.0969. The number of aryl methyl sites for hydroxylation is 1. The van der Waals surface area contributed by atoms with E-state index >= 15 is 0 Å². The van der Waals surface area contributed by atoms with Crippen LogP contribution in [-0.2, 0) is 5.60 Å². The minimum Gasteiger partial charge on any atom is -0.381 e. The lowest BCUT2D eigenvalue weighted by Gasteiger charge is -2.25. The van der Waals surface area contributed by atoms with Gasteiger partial charge in [-0.05, 0) is 37.1 Å². The summed E-state index contributed by atoms with van der Waals surface area (Å²) < 4.78 is 40.3. The molecule has 0 aliphatic carbocycles. The predicted octanol–water partition coefficient (Wildman–Crippen LogP) is 3.67. The highest BCUT2D eigenvalue weighted by Crippen LogP contribution is 2.32. The third kappa shape index (κ3) is 2.36. The summed E-state index contributed by atoms with van der Waals surface area (Å²) in [5.74, 6) is -2.54. The van der Waals surface area contributed by atoms with Crippen LogP contribution in [0.3, 0.4) is 0 Å². The number of benzene rings is 2.